The molecule has 0 amide bonds. The van der Waals surface area contributed by atoms with E-state index in [4.69, 9.17) is 9.47 Å². The highest BCUT2D eigenvalue weighted by molar-refractivity contribution is 9.09. The van der Waals surface area contributed by atoms with Crippen molar-refractivity contribution in [1.29, 1.82) is 0 Å². The van der Waals surface area contributed by atoms with Crippen LogP contribution in [-0.4, -0.2) is 30.6 Å². The van der Waals surface area contributed by atoms with E-state index in [1.165, 1.54) is 12.5 Å². The number of carbonyl (C=O) groups is 1. The molecule has 0 N–H and O–H groups in total. The predicted molar refractivity (Wildman–Crippen MR) is 78.2 cm³/mol. The normalized spacial score (nSPS) is 41.6. The van der Waals surface area contributed by atoms with Crippen LogP contribution in [0.5, 0.6) is 0 Å². The van der Waals surface area contributed by atoms with Gasteiger partial charge in [-0.25, -0.2) is 0 Å². The molecule has 0 spiro atoms. The van der Waals surface area contributed by atoms with Gasteiger partial charge in [0.15, 0.2) is 0 Å². The quantitative estimate of drug-likeness (QED) is 0.453. The number of allylic oxidation sites excluding steroid dienone is 1. The van der Waals surface area contributed by atoms with Gasteiger partial charge in [-0.1, -0.05) is 41.4 Å². The SMILES string of the molecule is CC(=O)OC[C@]12CO[C@@H](CBr)[C@H](C(C)=C[C@H]1C)[C@@H]2C. The van der Waals surface area contributed by atoms with Crippen LogP contribution in [0.1, 0.15) is 27.7 Å². The van der Waals surface area contributed by atoms with Crippen molar-refractivity contribution in [3.05, 3.63) is 11.6 Å². The van der Waals surface area contributed by atoms with Crippen LogP contribution in [0.2, 0.25) is 0 Å². The van der Waals surface area contributed by atoms with Crippen molar-refractivity contribution in [3.8, 4) is 0 Å². The maximum absolute atomic E-state index is 11.2. The second kappa shape index (κ2) is 5.57. The fourth-order valence-electron chi connectivity index (χ4n) is 3.76. The number of rotatable bonds is 3. The van der Waals surface area contributed by atoms with E-state index in [2.05, 4.69) is 42.8 Å². The van der Waals surface area contributed by atoms with Crippen LogP contribution >= 0.6 is 15.9 Å². The van der Waals surface area contributed by atoms with Crippen molar-refractivity contribution in [3.63, 3.8) is 0 Å². The maximum atomic E-state index is 11.2. The van der Waals surface area contributed by atoms with E-state index in [0.29, 0.717) is 31.0 Å². The molecule has 4 heteroatoms. The third-order valence-electron chi connectivity index (χ3n) is 5.05. The minimum absolute atomic E-state index is 0.0749. The molecule has 2 rings (SSSR count). The third kappa shape index (κ3) is 2.49. The molecule has 0 aromatic carbocycles. The summed E-state index contributed by atoms with van der Waals surface area (Å²) in [7, 11) is 0. The molecule has 0 radical (unpaired) electrons. The Labute approximate surface area is 123 Å². The maximum Gasteiger partial charge on any atom is 0.302 e. The summed E-state index contributed by atoms with van der Waals surface area (Å²) in [5.41, 5.74) is 1.33. The lowest BCUT2D eigenvalue weighted by Crippen LogP contribution is -2.57. The number of carbonyl (C=O) groups excluding carboxylic acids is 1. The van der Waals surface area contributed by atoms with Crippen molar-refractivity contribution in [2.45, 2.75) is 33.8 Å². The van der Waals surface area contributed by atoms with Crippen molar-refractivity contribution < 1.29 is 14.3 Å². The Balaban J connectivity index is 2.31. The molecular weight excluding hydrogens is 308 g/mol. The molecule has 1 fully saturated rings. The summed E-state index contributed by atoms with van der Waals surface area (Å²) < 4.78 is 11.4. The van der Waals surface area contributed by atoms with Gasteiger partial charge in [-0.05, 0) is 18.8 Å². The molecule has 19 heavy (non-hydrogen) atoms. The highest BCUT2D eigenvalue weighted by Crippen LogP contribution is 2.52. The summed E-state index contributed by atoms with van der Waals surface area (Å²) in [6, 6.07) is 0. The number of ether oxygens (including phenoxy) is 2. The second-order valence-corrected chi connectivity index (χ2v) is 6.68. The molecule has 2 bridgehead atoms. The zero-order chi connectivity index (χ0) is 14.2. The van der Waals surface area contributed by atoms with E-state index >= 15 is 0 Å². The van der Waals surface area contributed by atoms with Gasteiger partial charge in [0, 0.05) is 23.6 Å². The summed E-state index contributed by atoms with van der Waals surface area (Å²) >= 11 is 3.55. The molecule has 108 valence electrons. The van der Waals surface area contributed by atoms with Gasteiger partial charge in [0.05, 0.1) is 19.3 Å². The Bertz CT molecular complexity index is 393. The van der Waals surface area contributed by atoms with Gasteiger partial charge < -0.3 is 9.47 Å². The first-order chi connectivity index (χ1) is 8.92. The van der Waals surface area contributed by atoms with Crippen LogP contribution in [0, 0.1) is 23.2 Å². The minimum Gasteiger partial charge on any atom is -0.465 e. The number of hydrogen-bond donors (Lipinski definition) is 0. The van der Waals surface area contributed by atoms with Gasteiger partial charge in [-0.15, -0.1) is 0 Å². The van der Waals surface area contributed by atoms with Crippen LogP contribution < -0.4 is 0 Å². The molecule has 1 aliphatic carbocycles. The minimum atomic E-state index is -0.209. The van der Waals surface area contributed by atoms with Crippen LogP contribution in [-0.2, 0) is 14.3 Å². The van der Waals surface area contributed by atoms with Crippen LogP contribution in [0.25, 0.3) is 0 Å². The fourth-order valence-corrected chi connectivity index (χ4v) is 4.35. The first-order valence-corrected chi connectivity index (χ1v) is 8.03. The van der Waals surface area contributed by atoms with Gasteiger partial charge in [0.2, 0.25) is 0 Å². The standard InChI is InChI=1S/C15H23BrO3/c1-9-5-10(2)15(7-18-12(4)17)8-19-13(6-16)14(9)11(15)3/h5,10-11,13-14H,6-8H2,1-4H3/t10-,11+,13+,14-,15+/m1/s1. The summed E-state index contributed by atoms with van der Waals surface area (Å²) in [5, 5.41) is 0.852. The molecular formula is C15H23BrO3. The smallest absolute Gasteiger partial charge is 0.302 e. The summed E-state index contributed by atoms with van der Waals surface area (Å²) in [4.78, 5) is 11.2. The zero-order valence-electron chi connectivity index (χ0n) is 12.1. The largest absolute Gasteiger partial charge is 0.465 e. The van der Waals surface area contributed by atoms with Gasteiger partial charge in [0.25, 0.3) is 0 Å². The molecule has 1 saturated heterocycles. The molecule has 0 unspecified atom stereocenters. The lowest BCUT2D eigenvalue weighted by atomic mass is 9.56. The van der Waals surface area contributed by atoms with E-state index in [-0.39, 0.29) is 17.5 Å². The van der Waals surface area contributed by atoms with Gasteiger partial charge in [0.1, 0.15) is 0 Å². The van der Waals surface area contributed by atoms with Crippen LogP contribution in [0.15, 0.2) is 11.6 Å². The fraction of sp³-hybridized carbons (Fsp3) is 0.800. The van der Waals surface area contributed by atoms with E-state index in [9.17, 15) is 4.79 Å². The van der Waals surface area contributed by atoms with E-state index < -0.39 is 0 Å². The Morgan fingerprint density at radius 1 is 1.58 bits per heavy atom. The molecule has 3 nitrogen and oxygen atoms in total. The summed E-state index contributed by atoms with van der Waals surface area (Å²) in [6.45, 7) is 9.27. The highest BCUT2D eigenvalue weighted by Gasteiger charge is 2.53. The Morgan fingerprint density at radius 2 is 2.26 bits per heavy atom. The first-order valence-electron chi connectivity index (χ1n) is 6.91. The van der Waals surface area contributed by atoms with Crippen LogP contribution in [0.4, 0.5) is 0 Å². The number of fused-ring (bicyclic) bond motifs is 2. The average Bonchev–Trinajstić information content (AvgIpc) is 2.34. The second-order valence-electron chi connectivity index (χ2n) is 6.03. The zero-order valence-corrected chi connectivity index (χ0v) is 13.7. The molecule has 1 aliphatic heterocycles. The van der Waals surface area contributed by atoms with Crippen molar-refractivity contribution in [2.75, 3.05) is 18.5 Å². The Morgan fingerprint density at radius 3 is 2.84 bits per heavy atom. The molecule has 1 heterocycles. The number of halogens is 1. The molecule has 5 atom stereocenters. The molecule has 0 saturated carbocycles. The average molecular weight is 331 g/mol. The number of esters is 1. The van der Waals surface area contributed by atoms with Crippen LogP contribution in [0.3, 0.4) is 0 Å². The van der Waals surface area contributed by atoms with Gasteiger partial charge in [-0.2, -0.15) is 0 Å². The summed E-state index contributed by atoms with van der Waals surface area (Å²) in [5.74, 6) is 1.04. The predicted octanol–water partition coefficient (Wildman–Crippen LogP) is 3.18. The lowest BCUT2D eigenvalue weighted by Gasteiger charge is -2.55. The number of hydrogen-bond acceptors (Lipinski definition) is 3. The van der Waals surface area contributed by atoms with E-state index in [1.54, 1.807) is 0 Å². The van der Waals surface area contributed by atoms with E-state index in [0.717, 1.165) is 5.33 Å². The van der Waals surface area contributed by atoms with Gasteiger partial charge >= 0.3 is 5.97 Å². The van der Waals surface area contributed by atoms with Crippen molar-refractivity contribution in [1.82, 2.24) is 0 Å². The molecule has 2 aliphatic rings. The number of alkyl halides is 1. The first kappa shape index (κ1) is 15.0. The Kier molecular flexibility index (Phi) is 4.41. The molecule has 0 aromatic rings. The lowest BCUT2D eigenvalue weighted by molar-refractivity contribution is -0.174. The topological polar surface area (TPSA) is 35.5 Å². The molecule has 0 aromatic heterocycles. The Hall–Kier alpha value is -0.350. The van der Waals surface area contributed by atoms with Crippen molar-refractivity contribution >= 4 is 21.9 Å². The monoisotopic (exact) mass is 330 g/mol. The van der Waals surface area contributed by atoms with E-state index in [1.807, 2.05) is 0 Å². The summed E-state index contributed by atoms with van der Waals surface area (Å²) in [6.07, 6.45) is 2.57. The highest BCUT2D eigenvalue weighted by atomic mass is 79.9. The van der Waals surface area contributed by atoms with Crippen molar-refractivity contribution in [2.24, 2.45) is 23.2 Å². The van der Waals surface area contributed by atoms with Gasteiger partial charge in [-0.3, -0.25) is 4.79 Å². The third-order valence-corrected chi connectivity index (χ3v) is 5.69.